The second kappa shape index (κ2) is 46.0. The maximum Gasteiger partial charge on any atom is 0.207 e. The van der Waals surface area contributed by atoms with Gasteiger partial charge in [-0.15, -0.1) is 0 Å². The number of nitrogens with two attached hydrogens (primary N) is 1. The van der Waals surface area contributed by atoms with E-state index in [0.29, 0.717) is 18.9 Å². The van der Waals surface area contributed by atoms with Crippen LogP contribution in [0.1, 0.15) is 109 Å². The summed E-state index contributed by atoms with van der Waals surface area (Å²) in [7, 11) is 1.78. The number of nitrogens with one attached hydrogen (secondary N) is 1. The van der Waals surface area contributed by atoms with Crippen LogP contribution >= 0.6 is 0 Å². The highest BCUT2D eigenvalue weighted by atomic mass is 16.3. The maximum atomic E-state index is 9.34. The Morgan fingerprint density at radius 3 is 1.63 bits per heavy atom. The van der Waals surface area contributed by atoms with Gasteiger partial charge < -0.3 is 16.2 Å². The molecule has 5 heteroatoms. The molecule has 30 heavy (non-hydrogen) atoms. The van der Waals surface area contributed by atoms with Crippen molar-refractivity contribution in [2.24, 2.45) is 22.6 Å². The summed E-state index contributed by atoms with van der Waals surface area (Å²) in [6.07, 6.45) is 7.29. The second-order valence-electron chi connectivity index (χ2n) is 6.83. The van der Waals surface area contributed by atoms with E-state index in [9.17, 15) is 4.79 Å². The summed E-state index contributed by atoms with van der Waals surface area (Å²) in [6, 6.07) is 0. The quantitative estimate of drug-likeness (QED) is 0.229. The molecule has 1 atom stereocenters. The van der Waals surface area contributed by atoms with Crippen LogP contribution in [0.15, 0.2) is 16.8 Å². The van der Waals surface area contributed by atoms with Gasteiger partial charge in [0.1, 0.15) is 0 Å². The van der Waals surface area contributed by atoms with Crippen LogP contribution < -0.4 is 11.1 Å². The molecule has 0 aliphatic carbocycles. The summed E-state index contributed by atoms with van der Waals surface area (Å²) in [4.78, 5) is 13.4. The molecule has 0 heterocycles. The van der Waals surface area contributed by atoms with Crippen LogP contribution in [0.2, 0.25) is 0 Å². The molecular formula is C25H59N3O2. The van der Waals surface area contributed by atoms with Gasteiger partial charge in [-0.3, -0.25) is 9.79 Å². The number of carbonyl (C=O) groups is 1. The van der Waals surface area contributed by atoms with Crippen LogP contribution in [0.4, 0.5) is 0 Å². The van der Waals surface area contributed by atoms with Gasteiger partial charge in [-0.05, 0) is 31.3 Å². The number of aliphatic imine (C=N–C) groups is 1. The first kappa shape index (κ1) is 42.7. The Labute approximate surface area is 191 Å². The Hall–Kier alpha value is -1.36. The largest absolute Gasteiger partial charge is 0.402 e. The molecule has 0 aliphatic heterocycles. The molecule has 5 nitrogen and oxygen atoms in total. The molecule has 0 aromatic carbocycles. The predicted molar refractivity (Wildman–Crippen MR) is 140 cm³/mol. The van der Waals surface area contributed by atoms with Crippen molar-refractivity contribution < 1.29 is 9.90 Å². The molecule has 0 radical (unpaired) electrons. The normalized spacial score (nSPS) is 10.6. The summed E-state index contributed by atoms with van der Waals surface area (Å²) in [5, 5.41) is 10.2. The van der Waals surface area contributed by atoms with Gasteiger partial charge in [0.15, 0.2) is 0 Å². The van der Waals surface area contributed by atoms with Crippen LogP contribution in [-0.4, -0.2) is 37.4 Å². The van der Waals surface area contributed by atoms with E-state index in [1.807, 2.05) is 40.7 Å². The molecule has 0 saturated heterocycles. The van der Waals surface area contributed by atoms with Gasteiger partial charge in [0.25, 0.3) is 0 Å². The number of carbonyl (C=O) groups excluding carboxylic acids is 1. The summed E-state index contributed by atoms with van der Waals surface area (Å²) in [5.41, 5.74) is 7.74. The van der Waals surface area contributed by atoms with Crippen molar-refractivity contribution in [1.29, 1.82) is 0 Å². The third kappa shape index (κ3) is 81.7. The number of rotatable bonds is 8. The Morgan fingerprint density at radius 2 is 1.43 bits per heavy atom. The zero-order valence-corrected chi connectivity index (χ0v) is 22.9. The summed E-state index contributed by atoms with van der Waals surface area (Å²) >= 11 is 0. The standard InChI is InChI=1S/C10H20N2.2C4H10.C3H7NO2.2C2H6/c1-5-8(2)6-10(11)7-9(3)12-4;1-4(2)3;1-3-4-2;5-2-1-4-3-6;2*1-2/h7-8H,5-6,11H2,1-4H3;4H,1-3H3;3-4H2,1-2H3;3,5H,1-2H2,(H,4,6);2*1-2H3/b10-7-,12-9?;;;;;. The van der Waals surface area contributed by atoms with E-state index in [0.717, 1.165) is 23.7 Å². The van der Waals surface area contributed by atoms with Gasteiger partial charge in [0.05, 0.1) is 6.61 Å². The number of allylic oxidation sites excluding steroid dienone is 2. The summed E-state index contributed by atoms with van der Waals surface area (Å²) in [6.45, 7) is 25.6. The summed E-state index contributed by atoms with van der Waals surface area (Å²) in [5.74, 6) is 1.51. The number of nitrogens with zero attached hydrogens (tertiary/aromatic N) is 1. The van der Waals surface area contributed by atoms with Gasteiger partial charge >= 0.3 is 0 Å². The lowest BCUT2D eigenvalue weighted by Crippen LogP contribution is -2.14. The van der Waals surface area contributed by atoms with E-state index < -0.39 is 0 Å². The average molecular weight is 434 g/mol. The highest BCUT2D eigenvalue weighted by Crippen LogP contribution is 2.10. The second-order valence-corrected chi connectivity index (χ2v) is 6.83. The third-order valence-corrected chi connectivity index (χ3v) is 2.87. The molecule has 0 aliphatic rings. The van der Waals surface area contributed by atoms with E-state index >= 15 is 0 Å². The topological polar surface area (TPSA) is 87.7 Å². The molecule has 1 amide bonds. The smallest absolute Gasteiger partial charge is 0.207 e. The zero-order chi connectivity index (χ0) is 25.4. The lowest BCUT2D eigenvalue weighted by Gasteiger charge is -2.07. The van der Waals surface area contributed by atoms with Gasteiger partial charge in [0.2, 0.25) is 6.41 Å². The predicted octanol–water partition coefficient (Wildman–Crippen LogP) is 6.60. The third-order valence-electron chi connectivity index (χ3n) is 2.87. The van der Waals surface area contributed by atoms with E-state index in [4.69, 9.17) is 10.8 Å². The van der Waals surface area contributed by atoms with E-state index in [-0.39, 0.29) is 6.61 Å². The van der Waals surface area contributed by atoms with Gasteiger partial charge in [0, 0.05) is 25.0 Å². The highest BCUT2D eigenvalue weighted by molar-refractivity contribution is 5.93. The number of amides is 1. The number of unbranched alkanes of at least 4 members (excludes halogenated alkanes) is 1. The van der Waals surface area contributed by atoms with E-state index in [1.54, 1.807) is 7.05 Å². The van der Waals surface area contributed by atoms with Gasteiger partial charge in [-0.1, -0.05) is 95.4 Å². The minimum absolute atomic E-state index is 0.0126. The lowest BCUT2D eigenvalue weighted by molar-refractivity contribution is -0.109. The molecule has 0 aromatic heterocycles. The fourth-order valence-electron chi connectivity index (χ4n) is 1.06. The Balaban J connectivity index is -0.0000000673. The number of aliphatic hydroxyl groups excluding tert-OH is 1. The maximum absolute atomic E-state index is 9.34. The molecule has 0 saturated carbocycles. The molecule has 0 spiro atoms. The van der Waals surface area contributed by atoms with Crippen LogP contribution in [0, 0.1) is 11.8 Å². The van der Waals surface area contributed by atoms with Crippen LogP contribution in [0.5, 0.6) is 0 Å². The Kier molecular flexibility index (Phi) is 65.5. The first-order valence-corrected chi connectivity index (χ1v) is 11.8. The van der Waals surface area contributed by atoms with Crippen LogP contribution in [0.25, 0.3) is 0 Å². The fourth-order valence-corrected chi connectivity index (χ4v) is 1.06. The zero-order valence-electron chi connectivity index (χ0n) is 22.9. The molecule has 0 bridgehead atoms. The van der Waals surface area contributed by atoms with Crippen molar-refractivity contribution >= 4 is 12.1 Å². The molecule has 0 fully saturated rings. The molecule has 1 unspecified atom stereocenters. The number of aliphatic hydroxyl groups is 1. The molecule has 4 N–H and O–H groups in total. The lowest BCUT2D eigenvalue weighted by atomic mass is 10.0. The minimum Gasteiger partial charge on any atom is -0.402 e. The fraction of sp³-hybridized carbons (Fsp3) is 0.840. The number of hydrogen-bond donors (Lipinski definition) is 3. The minimum atomic E-state index is 0.0126. The average Bonchev–Trinajstić information content (AvgIpc) is 2.74. The van der Waals surface area contributed by atoms with Crippen molar-refractivity contribution in [3.05, 3.63) is 11.8 Å². The van der Waals surface area contributed by atoms with Gasteiger partial charge in [-0.2, -0.15) is 0 Å². The van der Waals surface area contributed by atoms with Gasteiger partial charge in [-0.25, -0.2) is 0 Å². The van der Waals surface area contributed by atoms with Crippen molar-refractivity contribution in [3.63, 3.8) is 0 Å². The monoisotopic (exact) mass is 433 g/mol. The highest BCUT2D eigenvalue weighted by Gasteiger charge is 2.00. The molecular weight excluding hydrogens is 374 g/mol. The van der Waals surface area contributed by atoms with Crippen LogP contribution in [0.3, 0.4) is 0 Å². The SMILES string of the molecule is CC.CC.CC(C)C.CCC(C)C/C(N)=C/C(C)=NC.CCCC.O=CNCCO. The number of hydrogen-bond acceptors (Lipinski definition) is 4. The van der Waals surface area contributed by atoms with Crippen molar-refractivity contribution in [1.82, 2.24) is 5.32 Å². The molecule has 186 valence electrons. The molecule has 0 rings (SSSR count). The Morgan fingerprint density at radius 1 is 1.03 bits per heavy atom. The van der Waals surface area contributed by atoms with E-state index in [1.165, 1.54) is 19.3 Å². The first-order valence-electron chi connectivity index (χ1n) is 11.8. The summed E-state index contributed by atoms with van der Waals surface area (Å²) < 4.78 is 0. The van der Waals surface area contributed by atoms with Crippen molar-refractivity contribution in [2.45, 2.75) is 109 Å². The Bertz CT molecular complexity index is 324. The van der Waals surface area contributed by atoms with Crippen molar-refractivity contribution in [2.75, 3.05) is 20.2 Å². The van der Waals surface area contributed by atoms with E-state index in [2.05, 4.69) is 58.8 Å². The van der Waals surface area contributed by atoms with Crippen LogP contribution in [-0.2, 0) is 4.79 Å². The van der Waals surface area contributed by atoms with Crippen molar-refractivity contribution in [3.8, 4) is 0 Å². The first-order chi connectivity index (χ1) is 14.2. The molecule has 0 aromatic rings.